The second-order valence-electron chi connectivity index (χ2n) is 7.81. The summed E-state index contributed by atoms with van der Waals surface area (Å²) in [4.78, 5) is 0. The molecule has 3 aliphatic rings. The summed E-state index contributed by atoms with van der Waals surface area (Å²) in [6.45, 7) is 4.42. The molecule has 2 saturated carbocycles. The molecule has 110 valence electrons. The molecule has 3 rings (SSSR count). The van der Waals surface area contributed by atoms with E-state index in [4.69, 9.17) is 4.74 Å². The van der Waals surface area contributed by atoms with Gasteiger partial charge in [-0.05, 0) is 38.5 Å². The van der Waals surface area contributed by atoms with Gasteiger partial charge in [-0.1, -0.05) is 39.0 Å². The van der Waals surface area contributed by atoms with Crippen molar-refractivity contribution in [1.29, 1.82) is 0 Å². The molecule has 2 aliphatic carbocycles. The van der Waals surface area contributed by atoms with Crippen LogP contribution in [0, 0.1) is 11.8 Å². The van der Waals surface area contributed by atoms with Crippen molar-refractivity contribution in [3.05, 3.63) is 0 Å². The van der Waals surface area contributed by atoms with Crippen molar-refractivity contribution in [3.8, 4) is 0 Å². The van der Waals surface area contributed by atoms with Crippen LogP contribution in [-0.4, -0.2) is 22.4 Å². The Bertz CT molecular complexity index is 315. The van der Waals surface area contributed by atoms with Crippen LogP contribution in [-0.2, 0) is 4.74 Å². The van der Waals surface area contributed by atoms with E-state index in [0.29, 0.717) is 12.0 Å². The number of rotatable bonds is 0. The monoisotopic (exact) mass is 266 g/mol. The van der Waals surface area contributed by atoms with E-state index in [1.807, 2.05) is 0 Å². The van der Waals surface area contributed by atoms with Gasteiger partial charge < -0.3 is 9.84 Å². The lowest BCUT2D eigenvalue weighted by molar-refractivity contribution is -0.243. The average molecular weight is 266 g/mol. The number of hydrogen-bond acceptors (Lipinski definition) is 2. The Morgan fingerprint density at radius 2 is 1.74 bits per heavy atom. The summed E-state index contributed by atoms with van der Waals surface area (Å²) in [5.74, 6) is 1.13. The third kappa shape index (κ3) is 2.71. The molecule has 4 atom stereocenters. The van der Waals surface area contributed by atoms with E-state index >= 15 is 0 Å². The van der Waals surface area contributed by atoms with Gasteiger partial charge >= 0.3 is 0 Å². The van der Waals surface area contributed by atoms with Gasteiger partial charge in [0, 0.05) is 12.3 Å². The molecule has 1 aliphatic heterocycles. The second-order valence-corrected chi connectivity index (χ2v) is 7.81. The summed E-state index contributed by atoms with van der Waals surface area (Å²) in [5, 5.41) is 11.0. The Kier molecular flexibility index (Phi) is 3.68. The summed E-state index contributed by atoms with van der Waals surface area (Å²) < 4.78 is 6.64. The Labute approximate surface area is 117 Å². The Hall–Kier alpha value is -0.0800. The fraction of sp³-hybridized carbons (Fsp3) is 1.00. The topological polar surface area (TPSA) is 29.5 Å². The second kappa shape index (κ2) is 5.04. The van der Waals surface area contributed by atoms with Gasteiger partial charge in [0.25, 0.3) is 0 Å². The molecule has 2 nitrogen and oxygen atoms in total. The first-order chi connectivity index (χ1) is 9.01. The Balaban J connectivity index is 1.81. The van der Waals surface area contributed by atoms with E-state index < -0.39 is 5.60 Å². The van der Waals surface area contributed by atoms with E-state index in [1.54, 1.807) is 0 Å². The molecule has 3 fully saturated rings. The zero-order chi connectivity index (χ0) is 13.5. The maximum absolute atomic E-state index is 11.0. The summed E-state index contributed by atoms with van der Waals surface area (Å²) >= 11 is 0. The van der Waals surface area contributed by atoms with E-state index in [9.17, 15) is 5.11 Å². The number of fused-ring (bicyclic) bond motifs is 1. The third-order valence-corrected chi connectivity index (χ3v) is 5.95. The van der Waals surface area contributed by atoms with Crippen LogP contribution in [0.25, 0.3) is 0 Å². The lowest BCUT2D eigenvalue weighted by Gasteiger charge is -2.54. The lowest BCUT2D eigenvalue weighted by atomic mass is 9.65. The molecule has 0 aromatic carbocycles. The van der Waals surface area contributed by atoms with Crippen molar-refractivity contribution in [1.82, 2.24) is 0 Å². The van der Waals surface area contributed by atoms with Gasteiger partial charge in [0.2, 0.25) is 0 Å². The quantitative estimate of drug-likeness (QED) is 0.716. The molecule has 19 heavy (non-hydrogen) atoms. The molecule has 1 heterocycles. The van der Waals surface area contributed by atoms with Gasteiger partial charge in [0.1, 0.15) is 0 Å². The van der Waals surface area contributed by atoms with Gasteiger partial charge in [-0.15, -0.1) is 0 Å². The van der Waals surface area contributed by atoms with Crippen LogP contribution in [0.1, 0.15) is 78.1 Å². The molecule has 0 amide bonds. The van der Waals surface area contributed by atoms with E-state index in [0.717, 1.165) is 25.2 Å². The minimum absolute atomic E-state index is 0.00176. The molecular weight excluding hydrogens is 236 g/mol. The standard InChI is InChI=1S/C17H30O2/c1-13-7-8-14-15(11-13)19-17(12-16(14,2)18)9-5-3-4-6-10-17/h13-15,18H,3-12H2,1-2H3/t13-,14-,15+,16-/m1/s1. The largest absolute Gasteiger partial charge is 0.390 e. The van der Waals surface area contributed by atoms with Crippen molar-refractivity contribution in [2.75, 3.05) is 0 Å². The van der Waals surface area contributed by atoms with Crippen LogP contribution in [0.5, 0.6) is 0 Å². The van der Waals surface area contributed by atoms with Gasteiger partial charge in [-0.2, -0.15) is 0 Å². The van der Waals surface area contributed by atoms with E-state index in [1.165, 1.54) is 44.9 Å². The fourth-order valence-corrected chi connectivity index (χ4v) is 4.98. The Morgan fingerprint density at radius 3 is 2.42 bits per heavy atom. The highest BCUT2D eigenvalue weighted by molar-refractivity contribution is 5.03. The summed E-state index contributed by atoms with van der Waals surface area (Å²) in [5.41, 5.74) is -0.508. The smallest absolute Gasteiger partial charge is 0.0713 e. The minimum Gasteiger partial charge on any atom is -0.390 e. The normalized spacial score (nSPS) is 46.6. The third-order valence-electron chi connectivity index (χ3n) is 5.95. The first-order valence-electron chi connectivity index (χ1n) is 8.41. The predicted octanol–water partition coefficient (Wildman–Crippen LogP) is 4.06. The highest BCUT2D eigenvalue weighted by Gasteiger charge is 2.53. The summed E-state index contributed by atoms with van der Waals surface area (Å²) in [6.07, 6.45) is 12.3. The van der Waals surface area contributed by atoms with Crippen LogP contribution in [0.2, 0.25) is 0 Å². The number of aliphatic hydroxyl groups is 1. The molecule has 1 N–H and O–H groups in total. The van der Waals surface area contributed by atoms with Crippen molar-refractivity contribution >= 4 is 0 Å². The molecule has 0 aromatic rings. The van der Waals surface area contributed by atoms with Gasteiger partial charge in [0.05, 0.1) is 17.3 Å². The predicted molar refractivity (Wildman–Crippen MR) is 77.1 cm³/mol. The van der Waals surface area contributed by atoms with Crippen LogP contribution in [0.4, 0.5) is 0 Å². The molecule has 1 saturated heterocycles. The van der Waals surface area contributed by atoms with Gasteiger partial charge in [0.15, 0.2) is 0 Å². The van der Waals surface area contributed by atoms with E-state index in [-0.39, 0.29) is 5.60 Å². The molecule has 0 unspecified atom stereocenters. The van der Waals surface area contributed by atoms with Gasteiger partial charge in [-0.25, -0.2) is 0 Å². The van der Waals surface area contributed by atoms with Crippen LogP contribution in [0.3, 0.4) is 0 Å². The maximum Gasteiger partial charge on any atom is 0.0713 e. The Morgan fingerprint density at radius 1 is 1.05 bits per heavy atom. The first kappa shape index (κ1) is 13.9. The van der Waals surface area contributed by atoms with E-state index in [2.05, 4.69) is 13.8 Å². The van der Waals surface area contributed by atoms with Crippen molar-refractivity contribution in [3.63, 3.8) is 0 Å². The number of ether oxygens (including phenoxy) is 1. The zero-order valence-corrected chi connectivity index (χ0v) is 12.7. The summed E-state index contributed by atoms with van der Waals surface area (Å²) in [7, 11) is 0. The summed E-state index contributed by atoms with van der Waals surface area (Å²) in [6, 6.07) is 0. The average Bonchev–Trinajstić information content (AvgIpc) is 2.53. The highest BCUT2D eigenvalue weighted by atomic mass is 16.5. The first-order valence-corrected chi connectivity index (χ1v) is 8.41. The lowest BCUT2D eigenvalue weighted by Crippen LogP contribution is -2.58. The van der Waals surface area contributed by atoms with Crippen LogP contribution in [0.15, 0.2) is 0 Å². The molecular formula is C17H30O2. The maximum atomic E-state index is 11.0. The number of hydrogen-bond donors (Lipinski definition) is 1. The van der Waals surface area contributed by atoms with Crippen molar-refractivity contribution in [2.24, 2.45) is 11.8 Å². The minimum atomic E-state index is -0.507. The molecule has 1 spiro atoms. The van der Waals surface area contributed by atoms with Gasteiger partial charge in [-0.3, -0.25) is 0 Å². The zero-order valence-electron chi connectivity index (χ0n) is 12.7. The van der Waals surface area contributed by atoms with Crippen molar-refractivity contribution in [2.45, 2.75) is 95.4 Å². The van der Waals surface area contributed by atoms with Crippen LogP contribution >= 0.6 is 0 Å². The molecule has 0 bridgehead atoms. The fourth-order valence-electron chi connectivity index (χ4n) is 4.98. The SMILES string of the molecule is C[C@@H]1CC[C@@H]2[C@H](C1)OC1(CCCCCC1)C[C@@]2(C)O. The van der Waals surface area contributed by atoms with Crippen LogP contribution < -0.4 is 0 Å². The molecule has 0 radical (unpaired) electrons. The molecule has 0 aromatic heterocycles. The highest BCUT2D eigenvalue weighted by Crippen LogP contribution is 2.50. The molecule has 2 heteroatoms. The van der Waals surface area contributed by atoms with Crippen molar-refractivity contribution < 1.29 is 9.84 Å².